The highest BCUT2D eigenvalue weighted by molar-refractivity contribution is 6.43. The molecule has 2 fully saturated rings. The Morgan fingerprint density at radius 1 is 1.36 bits per heavy atom. The van der Waals surface area contributed by atoms with E-state index in [9.17, 15) is 9.18 Å². The maximum Gasteiger partial charge on any atom is 0.258 e. The van der Waals surface area contributed by atoms with Gasteiger partial charge >= 0.3 is 0 Å². The van der Waals surface area contributed by atoms with Gasteiger partial charge in [0, 0.05) is 23.4 Å². The zero-order chi connectivity index (χ0) is 23.7. The molecule has 1 aromatic carbocycles. The summed E-state index contributed by atoms with van der Waals surface area (Å²) < 4.78 is 20.0. The first-order valence-corrected chi connectivity index (χ1v) is 11.6. The summed E-state index contributed by atoms with van der Waals surface area (Å²) in [5.74, 6) is 0.0353. The molecule has 3 N–H and O–H groups in total. The summed E-state index contributed by atoms with van der Waals surface area (Å²) in [5.41, 5.74) is 2.66. The highest BCUT2D eigenvalue weighted by Crippen LogP contribution is 2.31. The lowest BCUT2D eigenvalue weighted by Crippen LogP contribution is -2.47. The number of amides is 1. The zero-order valence-electron chi connectivity index (χ0n) is 19.1. The number of rotatable bonds is 6. The standard InChI is InChI=1S/C24H29ClFN5O2/c1-4-7-28-16-9-17(10-16)33-21-8-15(26)5-6-18(21)24(32)31-11-19(20(27)12-31)23-29-13(2)22(25)14(3)30-23/h5-6,8,16-17,27-29H,4,7,9-12H2,1-3H3/b23-19+,27-20?. The average molecular weight is 474 g/mol. The second kappa shape index (κ2) is 9.65. The minimum atomic E-state index is -0.450. The van der Waals surface area contributed by atoms with E-state index < -0.39 is 5.82 Å². The molecule has 176 valence electrons. The lowest BCUT2D eigenvalue weighted by Gasteiger charge is -2.36. The fourth-order valence-corrected chi connectivity index (χ4v) is 4.27. The van der Waals surface area contributed by atoms with E-state index in [4.69, 9.17) is 21.7 Å². The van der Waals surface area contributed by atoms with Gasteiger partial charge in [0.25, 0.3) is 5.91 Å². The minimum Gasteiger partial charge on any atom is -0.489 e. The number of likely N-dealkylation sites (tertiary alicyclic amines) is 1. The van der Waals surface area contributed by atoms with Crippen LogP contribution in [0.5, 0.6) is 5.75 Å². The molecule has 1 aliphatic carbocycles. The first kappa shape index (κ1) is 23.4. The predicted octanol–water partition coefficient (Wildman–Crippen LogP) is 3.96. The Kier molecular flexibility index (Phi) is 6.86. The number of hydrogen-bond donors (Lipinski definition) is 3. The van der Waals surface area contributed by atoms with Gasteiger partial charge in [0.2, 0.25) is 0 Å². The lowest BCUT2D eigenvalue weighted by molar-refractivity contribution is 0.0741. The van der Waals surface area contributed by atoms with Gasteiger partial charge in [-0.25, -0.2) is 9.38 Å². The van der Waals surface area contributed by atoms with E-state index in [1.165, 1.54) is 18.2 Å². The van der Waals surface area contributed by atoms with E-state index >= 15 is 0 Å². The molecule has 33 heavy (non-hydrogen) atoms. The first-order chi connectivity index (χ1) is 15.8. The summed E-state index contributed by atoms with van der Waals surface area (Å²) in [6, 6.07) is 4.39. The largest absolute Gasteiger partial charge is 0.489 e. The van der Waals surface area contributed by atoms with Crippen LogP contribution in [-0.2, 0) is 0 Å². The normalized spacial score (nSPS) is 25.1. The number of carbonyl (C=O) groups is 1. The van der Waals surface area contributed by atoms with Crippen molar-refractivity contribution in [1.29, 1.82) is 5.41 Å². The maximum absolute atomic E-state index is 14.0. The second-order valence-corrected chi connectivity index (χ2v) is 9.11. The molecule has 0 bridgehead atoms. The highest BCUT2D eigenvalue weighted by atomic mass is 35.5. The molecule has 3 aliphatic rings. The van der Waals surface area contributed by atoms with Crippen LogP contribution in [-0.4, -0.2) is 54.0 Å². The van der Waals surface area contributed by atoms with Crippen molar-refractivity contribution in [3.05, 3.63) is 51.7 Å². The number of aliphatic imine (C=N–C) groups is 1. The van der Waals surface area contributed by atoms with E-state index in [-0.39, 0.29) is 30.9 Å². The molecule has 7 nitrogen and oxygen atoms in total. The Bertz CT molecular complexity index is 1070. The number of ether oxygens (including phenoxy) is 1. The number of benzene rings is 1. The van der Waals surface area contributed by atoms with Crippen LogP contribution >= 0.6 is 11.6 Å². The number of halogens is 2. The molecule has 2 aliphatic heterocycles. The average Bonchev–Trinajstić information content (AvgIpc) is 3.14. The number of allylic oxidation sites excluding steroid dienone is 2. The van der Waals surface area contributed by atoms with Crippen molar-refractivity contribution < 1.29 is 13.9 Å². The predicted molar refractivity (Wildman–Crippen MR) is 128 cm³/mol. The molecular formula is C24H29ClFN5O2. The van der Waals surface area contributed by atoms with E-state index in [0.717, 1.165) is 31.5 Å². The first-order valence-electron chi connectivity index (χ1n) is 11.3. The van der Waals surface area contributed by atoms with Crippen molar-refractivity contribution in [3.8, 4) is 5.75 Å². The van der Waals surface area contributed by atoms with Crippen LogP contribution in [0.1, 0.15) is 50.4 Å². The van der Waals surface area contributed by atoms with Crippen LogP contribution in [0.2, 0.25) is 0 Å². The van der Waals surface area contributed by atoms with Crippen LogP contribution < -0.4 is 15.4 Å². The van der Waals surface area contributed by atoms with E-state index in [0.29, 0.717) is 39.5 Å². The molecule has 0 atom stereocenters. The smallest absolute Gasteiger partial charge is 0.258 e. The van der Waals surface area contributed by atoms with Crippen LogP contribution in [0.3, 0.4) is 0 Å². The Morgan fingerprint density at radius 3 is 2.82 bits per heavy atom. The number of carbonyl (C=O) groups excluding carboxylic acids is 1. The number of nitrogens with one attached hydrogen (secondary N) is 3. The highest BCUT2D eigenvalue weighted by Gasteiger charge is 2.34. The second-order valence-electron chi connectivity index (χ2n) is 8.73. The lowest BCUT2D eigenvalue weighted by atomic mass is 9.89. The summed E-state index contributed by atoms with van der Waals surface area (Å²) in [4.78, 5) is 19.4. The van der Waals surface area contributed by atoms with Gasteiger partial charge in [0.05, 0.1) is 35.1 Å². The van der Waals surface area contributed by atoms with E-state index in [1.54, 1.807) is 11.8 Å². The zero-order valence-corrected chi connectivity index (χ0v) is 19.9. The molecule has 9 heteroatoms. The number of nitrogens with zero attached hydrogens (tertiary/aromatic N) is 2. The van der Waals surface area contributed by atoms with Crippen molar-refractivity contribution in [2.75, 3.05) is 19.6 Å². The van der Waals surface area contributed by atoms with Gasteiger partial charge in [-0.2, -0.15) is 0 Å². The van der Waals surface area contributed by atoms with E-state index in [1.807, 2.05) is 6.92 Å². The molecule has 4 rings (SSSR count). The molecule has 0 aromatic heterocycles. The van der Waals surface area contributed by atoms with Crippen molar-refractivity contribution in [3.63, 3.8) is 0 Å². The summed E-state index contributed by atoms with van der Waals surface area (Å²) in [5, 5.41) is 15.5. The van der Waals surface area contributed by atoms with Crippen molar-refractivity contribution in [2.24, 2.45) is 4.99 Å². The van der Waals surface area contributed by atoms with Gasteiger partial charge in [-0.05, 0) is 51.8 Å². The Hall–Kier alpha value is -2.71. The van der Waals surface area contributed by atoms with Crippen LogP contribution in [0.15, 0.2) is 45.3 Å². The molecule has 0 radical (unpaired) electrons. The molecule has 1 saturated heterocycles. The SMILES string of the molecule is CCCNC1CC(Oc2cc(F)ccc2C(=O)N2CC(=N)/C(=C3/N=C(C)C(Cl)=C(C)N3)C2)C1. The molecular weight excluding hydrogens is 445 g/mol. The third-order valence-corrected chi connectivity index (χ3v) is 6.67. The summed E-state index contributed by atoms with van der Waals surface area (Å²) in [6.45, 7) is 7.10. The van der Waals surface area contributed by atoms with Gasteiger partial charge < -0.3 is 25.7 Å². The molecule has 1 saturated carbocycles. The van der Waals surface area contributed by atoms with Crippen molar-refractivity contribution in [1.82, 2.24) is 15.5 Å². The van der Waals surface area contributed by atoms with Crippen LogP contribution in [0, 0.1) is 11.2 Å². The number of hydrogen-bond acceptors (Lipinski definition) is 6. The third-order valence-electron chi connectivity index (χ3n) is 6.11. The Labute approximate surface area is 198 Å². The Balaban J connectivity index is 1.49. The van der Waals surface area contributed by atoms with Gasteiger partial charge in [0.1, 0.15) is 23.5 Å². The molecule has 0 spiro atoms. The summed E-state index contributed by atoms with van der Waals surface area (Å²) >= 11 is 6.20. The van der Waals surface area contributed by atoms with Crippen LogP contribution in [0.25, 0.3) is 0 Å². The summed E-state index contributed by atoms with van der Waals surface area (Å²) in [6.07, 6.45) is 2.67. The van der Waals surface area contributed by atoms with Gasteiger partial charge in [0.15, 0.2) is 0 Å². The topological polar surface area (TPSA) is 89.8 Å². The minimum absolute atomic E-state index is 0.0504. The maximum atomic E-state index is 14.0. The van der Waals surface area contributed by atoms with Crippen molar-refractivity contribution in [2.45, 2.75) is 52.2 Å². The molecule has 1 aromatic rings. The van der Waals surface area contributed by atoms with Gasteiger partial charge in [-0.15, -0.1) is 0 Å². The van der Waals surface area contributed by atoms with Gasteiger partial charge in [-0.1, -0.05) is 18.5 Å². The van der Waals surface area contributed by atoms with Crippen LogP contribution in [0.4, 0.5) is 4.39 Å². The Morgan fingerprint density at radius 2 is 2.12 bits per heavy atom. The van der Waals surface area contributed by atoms with Crippen molar-refractivity contribution >= 4 is 28.9 Å². The van der Waals surface area contributed by atoms with Gasteiger partial charge in [-0.3, -0.25) is 4.79 Å². The fourth-order valence-electron chi connectivity index (χ4n) is 4.18. The van der Waals surface area contributed by atoms with E-state index in [2.05, 4.69) is 22.5 Å². The molecule has 2 heterocycles. The fraction of sp³-hybridized carbons (Fsp3) is 0.458. The molecule has 0 unspecified atom stereocenters. The third kappa shape index (κ3) is 4.96. The monoisotopic (exact) mass is 473 g/mol. The molecule has 1 amide bonds. The summed E-state index contributed by atoms with van der Waals surface area (Å²) in [7, 11) is 0. The quantitative estimate of drug-likeness (QED) is 0.583.